The van der Waals surface area contributed by atoms with Gasteiger partial charge in [0.25, 0.3) is 5.91 Å². The molecule has 1 amide bonds. The van der Waals surface area contributed by atoms with Crippen molar-refractivity contribution in [3.05, 3.63) is 59.3 Å². The first-order valence-electron chi connectivity index (χ1n) is 9.93. The highest BCUT2D eigenvalue weighted by molar-refractivity contribution is 5.98. The monoisotopic (exact) mass is 407 g/mol. The van der Waals surface area contributed by atoms with Gasteiger partial charge >= 0.3 is 0 Å². The molecule has 0 radical (unpaired) electrons. The number of anilines is 1. The molecular weight excluding hydrogens is 382 g/mol. The van der Waals surface area contributed by atoms with E-state index in [9.17, 15) is 4.79 Å². The molecule has 1 aliphatic heterocycles. The summed E-state index contributed by atoms with van der Waals surface area (Å²) < 4.78 is 0. The molecule has 156 valence electrons. The van der Waals surface area contributed by atoms with E-state index in [1.165, 1.54) is 4.80 Å². The number of aryl methyl sites for hydroxylation is 3. The van der Waals surface area contributed by atoms with Crippen LogP contribution in [0.4, 0.5) is 5.82 Å². The third kappa shape index (κ3) is 3.88. The first-order valence-corrected chi connectivity index (χ1v) is 9.93. The van der Waals surface area contributed by atoms with Gasteiger partial charge in [0.2, 0.25) is 0 Å². The summed E-state index contributed by atoms with van der Waals surface area (Å²) in [6.07, 6.45) is 4.93. The predicted molar refractivity (Wildman–Crippen MR) is 111 cm³/mol. The highest BCUT2D eigenvalue weighted by Gasteiger charge is 2.29. The summed E-state index contributed by atoms with van der Waals surface area (Å²) in [6.45, 7) is 9.10. The number of rotatable bonds is 3. The predicted octanol–water partition coefficient (Wildman–Crippen LogP) is 2.27. The van der Waals surface area contributed by atoms with E-state index in [1.54, 1.807) is 23.7 Å². The van der Waals surface area contributed by atoms with Crippen molar-refractivity contribution in [2.75, 3.05) is 24.8 Å². The first-order chi connectivity index (χ1) is 14.4. The highest BCUT2D eigenvalue weighted by Crippen LogP contribution is 2.22. The highest BCUT2D eigenvalue weighted by atomic mass is 16.7. The minimum Gasteiger partial charge on any atom is -0.332 e. The van der Waals surface area contributed by atoms with Gasteiger partial charge in [0.15, 0.2) is 5.82 Å². The number of hydrogen-bond donors (Lipinski definition) is 0. The van der Waals surface area contributed by atoms with Gasteiger partial charge in [-0.15, -0.1) is 0 Å². The Hall–Kier alpha value is -3.33. The van der Waals surface area contributed by atoms with Crippen molar-refractivity contribution in [2.45, 2.75) is 33.7 Å². The molecule has 1 fully saturated rings. The van der Waals surface area contributed by atoms with Crippen LogP contribution in [0.25, 0.3) is 5.69 Å². The molecule has 0 unspecified atom stereocenters. The molecule has 2 aromatic heterocycles. The zero-order valence-corrected chi connectivity index (χ0v) is 17.6. The lowest BCUT2D eigenvalue weighted by Gasteiger charge is -2.26. The first kappa shape index (κ1) is 20.0. The van der Waals surface area contributed by atoms with Gasteiger partial charge < -0.3 is 4.90 Å². The summed E-state index contributed by atoms with van der Waals surface area (Å²) in [7, 11) is 0. The van der Waals surface area contributed by atoms with Crippen LogP contribution < -0.4 is 5.06 Å². The van der Waals surface area contributed by atoms with Crippen LogP contribution in [0, 0.1) is 20.8 Å². The summed E-state index contributed by atoms with van der Waals surface area (Å²) in [5.41, 5.74) is 3.84. The second-order valence-corrected chi connectivity index (χ2v) is 7.50. The molecule has 9 nitrogen and oxygen atoms in total. The molecule has 0 aliphatic carbocycles. The maximum absolute atomic E-state index is 13.6. The van der Waals surface area contributed by atoms with Crippen LogP contribution >= 0.6 is 0 Å². The van der Waals surface area contributed by atoms with Crippen LogP contribution in [0.15, 0.2) is 36.8 Å². The van der Waals surface area contributed by atoms with Gasteiger partial charge in [0.1, 0.15) is 0 Å². The average Bonchev–Trinajstić information content (AvgIpc) is 3.19. The lowest BCUT2D eigenvalue weighted by molar-refractivity contribution is 0.0598. The van der Waals surface area contributed by atoms with Crippen molar-refractivity contribution in [2.24, 2.45) is 0 Å². The van der Waals surface area contributed by atoms with Crippen LogP contribution in [-0.4, -0.2) is 61.5 Å². The number of amides is 1. The largest absolute Gasteiger partial charge is 0.332 e. The Bertz CT molecular complexity index is 1050. The Morgan fingerprint density at radius 1 is 1.13 bits per heavy atom. The van der Waals surface area contributed by atoms with Crippen molar-refractivity contribution in [3.63, 3.8) is 0 Å². The van der Waals surface area contributed by atoms with E-state index in [-0.39, 0.29) is 11.9 Å². The van der Waals surface area contributed by atoms with Crippen molar-refractivity contribution in [1.29, 1.82) is 0 Å². The SMILES string of the molecule is Cc1ccc(-n2nccn2)c(C(=O)N2CCN(c3nc(C)cnc3C)OC[C@H]2C)c1. The van der Waals surface area contributed by atoms with Crippen LogP contribution in [0.2, 0.25) is 0 Å². The van der Waals surface area contributed by atoms with E-state index < -0.39 is 0 Å². The number of carbonyl (C=O) groups is 1. The second kappa shape index (κ2) is 8.19. The third-order valence-corrected chi connectivity index (χ3v) is 5.11. The minimum absolute atomic E-state index is 0.0731. The van der Waals surface area contributed by atoms with Crippen molar-refractivity contribution >= 4 is 11.7 Å². The van der Waals surface area contributed by atoms with E-state index in [2.05, 4.69) is 20.2 Å². The van der Waals surface area contributed by atoms with Crippen molar-refractivity contribution in [1.82, 2.24) is 29.9 Å². The van der Waals surface area contributed by atoms with E-state index in [4.69, 9.17) is 4.84 Å². The van der Waals surface area contributed by atoms with E-state index >= 15 is 0 Å². The number of aromatic nitrogens is 5. The molecule has 0 N–H and O–H groups in total. The Labute approximate surface area is 175 Å². The van der Waals surface area contributed by atoms with Crippen molar-refractivity contribution in [3.8, 4) is 5.69 Å². The number of hydrogen-bond acceptors (Lipinski definition) is 7. The smallest absolute Gasteiger partial charge is 0.256 e. The summed E-state index contributed by atoms with van der Waals surface area (Å²) in [5, 5.41) is 10.1. The Kier molecular flexibility index (Phi) is 5.45. The summed E-state index contributed by atoms with van der Waals surface area (Å²) in [5.74, 6) is 0.615. The fourth-order valence-electron chi connectivity index (χ4n) is 3.49. The molecule has 1 atom stereocenters. The van der Waals surface area contributed by atoms with Crippen LogP contribution in [0.3, 0.4) is 0 Å². The fraction of sp³-hybridized carbons (Fsp3) is 0.381. The molecule has 4 rings (SSSR count). The van der Waals surface area contributed by atoms with Gasteiger partial charge in [-0.25, -0.2) is 10.0 Å². The summed E-state index contributed by atoms with van der Waals surface area (Å²) >= 11 is 0. The van der Waals surface area contributed by atoms with E-state index in [1.807, 2.05) is 50.8 Å². The van der Waals surface area contributed by atoms with Crippen molar-refractivity contribution < 1.29 is 9.63 Å². The third-order valence-electron chi connectivity index (χ3n) is 5.11. The average molecular weight is 407 g/mol. The quantitative estimate of drug-likeness (QED) is 0.658. The Morgan fingerprint density at radius 3 is 2.67 bits per heavy atom. The molecule has 0 bridgehead atoms. The molecular formula is C21H25N7O2. The number of carbonyl (C=O) groups excluding carboxylic acids is 1. The molecule has 3 heterocycles. The summed E-state index contributed by atoms with van der Waals surface area (Å²) in [6, 6.07) is 5.60. The molecule has 1 aromatic carbocycles. The normalized spacial score (nSPS) is 17.1. The topological polar surface area (TPSA) is 89.3 Å². The maximum atomic E-state index is 13.6. The van der Waals surface area contributed by atoms with Gasteiger partial charge in [-0.2, -0.15) is 15.0 Å². The van der Waals surface area contributed by atoms with Gasteiger partial charge in [-0.1, -0.05) is 11.6 Å². The number of benzene rings is 1. The molecule has 1 aliphatic rings. The minimum atomic E-state index is -0.112. The molecule has 9 heteroatoms. The molecule has 30 heavy (non-hydrogen) atoms. The lowest BCUT2D eigenvalue weighted by atomic mass is 10.1. The number of nitrogens with zero attached hydrogens (tertiary/aromatic N) is 7. The van der Waals surface area contributed by atoms with Crippen LogP contribution in [0.5, 0.6) is 0 Å². The Morgan fingerprint density at radius 2 is 1.90 bits per heavy atom. The number of hydroxylamine groups is 1. The van der Waals surface area contributed by atoms with Crippen LogP contribution in [-0.2, 0) is 4.84 Å². The van der Waals surface area contributed by atoms with Gasteiger partial charge in [-0.3, -0.25) is 14.6 Å². The second-order valence-electron chi connectivity index (χ2n) is 7.50. The lowest BCUT2D eigenvalue weighted by Crippen LogP contribution is -2.41. The van der Waals surface area contributed by atoms with Gasteiger partial charge in [0, 0.05) is 12.7 Å². The van der Waals surface area contributed by atoms with Crippen LogP contribution in [0.1, 0.15) is 34.2 Å². The zero-order chi connectivity index (χ0) is 21.3. The van der Waals surface area contributed by atoms with Gasteiger partial charge in [0.05, 0.1) is 54.2 Å². The zero-order valence-electron chi connectivity index (χ0n) is 17.6. The molecule has 0 spiro atoms. The molecule has 3 aromatic rings. The Balaban J connectivity index is 1.61. The van der Waals surface area contributed by atoms with Gasteiger partial charge in [-0.05, 0) is 39.8 Å². The fourth-order valence-corrected chi connectivity index (χ4v) is 3.49. The van der Waals surface area contributed by atoms with E-state index in [0.29, 0.717) is 36.8 Å². The summed E-state index contributed by atoms with van der Waals surface area (Å²) in [4.78, 5) is 31.8. The molecule has 1 saturated heterocycles. The standard InChI is InChI=1S/C21H25N7O2/c1-14-5-6-19(28-23-7-8-24-28)18(11-14)21(29)26-9-10-27(30-13-16(26)3)20-17(4)22-12-15(2)25-20/h5-8,11-12,16H,9-10,13H2,1-4H3/t16-/m1/s1. The molecule has 0 saturated carbocycles. The maximum Gasteiger partial charge on any atom is 0.256 e. The van der Waals surface area contributed by atoms with E-state index in [0.717, 1.165) is 17.0 Å².